The molecule has 0 aliphatic rings. The summed E-state index contributed by atoms with van der Waals surface area (Å²) >= 11 is 6.02. The quantitative estimate of drug-likeness (QED) is 0.222. The van der Waals surface area contributed by atoms with E-state index in [1.807, 2.05) is 60.7 Å². The Morgan fingerprint density at radius 3 is 2.22 bits per heavy atom. The van der Waals surface area contributed by atoms with E-state index < -0.39 is 17.8 Å². The molecule has 5 aromatic rings. The number of aromatic nitrogens is 2. The summed E-state index contributed by atoms with van der Waals surface area (Å²) < 4.78 is 56.6. The van der Waals surface area contributed by atoms with Crippen molar-refractivity contribution in [3.8, 4) is 23.1 Å². The lowest BCUT2D eigenvalue weighted by atomic mass is 10.2. The van der Waals surface area contributed by atoms with Gasteiger partial charge in [-0.1, -0.05) is 48.0 Å². The monoisotopic (exact) mass is 524 g/mol. The Balaban J connectivity index is 1.36. The summed E-state index contributed by atoms with van der Waals surface area (Å²) in [5, 5.41) is 0.732. The zero-order valence-electron chi connectivity index (χ0n) is 19.2. The average Bonchev–Trinajstić information content (AvgIpc) is 3.32. The van der Waals surface area contributed by atoms with E-state index in [0.717, 1.165) is 17.0 Å². The number of rotatable bonds is 8. The summed E-state index contributed by atoms with van der Waals surface area (Å²) in [4.78, 5) is 7.06. The number of H-pyrrole nitrogens is 1. The van der Waals surface area contributed by atoms with Gasteiger partial charge < -0.3 is 19.2 Å². The third-order valence-electron chi connectivity index (χ3n) is 5.48. The van der Waals surface area contributed by atoms with Gasteiger partial charge in [0.2, 0.25) is 5.88 Å². The van der Waals surface area contributed by atoms with Crippen LogP contribution in [0.4, 0.5) is 13.2 Å². The molecule has 2 heterocycles. The summed E-state index contributed by atoms with van der Waals surface area (Å²) in [5.74, 6) is 1.77. The van der Waals surface area contributed by atoms with Crippen molar-refractivity contribution < 1.29 is 27.4 Å². The van der Waals surface area contributed by atoms with E-state index in [0.29, 0.717) is 29.1 Å². The fraction of sp³-hybridized carbons (Fsp3) is 0.107. The zero-order valence-corrected chi connectivity index (χ0v) is 20.0. The molecule has 37 heavy (non-hydrogen) atoms. The Morgan fingerprint density at radius 2 is 1.51 bits per heavy atom. The van der Waals surface area contributed by atoms with E-state index in [9.17, 15) is 13.2 Å². The molecule has 5 rings (SSSR count). The molecular weight excluding hydrogens is 505 g/mol. The number of benzene rings is 3. The van der Waals surface area contributed by atoms with Crippen molar-refractivity contribution >= 4 is 22.5 Å². The maximum absolute atomic E-state index is 13.0. The molecule has 9 heteroatoms. The molecule has 0 fully saturated rings. The van der Waals surface area contributed by atoms with Crippen molar-refractivity contribution in [2.45, 2.75) is 12.3 Å². The third kappa shape index (κ3) is 5.98. The summed E-state index contributed by atoms with van der Waals surface area (Å²) in [6.45, 7) is -0.0623. The standard InChI is InChI=1S/C28H20ClF3N2O3/c29-23-15-19(28(30,31)32)16-33-27(23)35-17-26(25-14-18-6-4-5-9-24(18)34-25)37-22-12-10-21(11-13-22)36-20-7-2-1-3-8-20/h1-16,26,34H,17H2. The molecule has 0 radical (unpaired) electrons. The summed E-state index contributed by atoms with van der Waals surface area (Å²) in [6.07, 6.45) is -4.51. The Morgan fingerprint density at radius 1 is 0.838 bits per heavy atom. The Kier molecular flexibility index (Phi) is 6.92. The molecular formula is C28H20ClF3N2O3. The molecule has 0 saturated carbocycles. The number of ether oxygens (including phenoxy) is 3. The van der Waals surface area contributed by atoms with Crippen LogP contribution < -0.4 is 14.2 Å². The highest BCUT2D eigenvalue weighted by atomic mass is 35.5. The average molecular weight is 525 g/mol. The highest BCUT2D eigenvalue weighted by molar-refractivity contribution is 6.31. The molecule has 1 atom stereocenters. The van der Waals surface area contributed by atoms with E-state index >= 15 is 0 Å². The van der Waals surface area contributed by atoms with Gasteiger partial charge in [-0.2, -0.15) is 13.2 Å². The largest absolute Gasteiger partial charge is 0.481 e. The van der Waals surface area contributed by atoms with E-state index in [-0.39, 0.29) is 17.5 Å². The topological polar surface area (TPSA) is 56.4 Å². The number of fused-ring (bicyclic) bond motifs is 1. The van der Waals surface area contributed by atoms with Gasteiger partial charge in [-0.15, -0.1) is 0 Å². The molecule has 1 unspecified atom stereocenters. The Bertz CT molecular complexity index is 1460. The van der Waals surface area contributed by atoms with Crippen LogP contribution >= 0.6 is 11.6 Å². The molecule has 2 aromatic heterocycles. The van der Waals surface area contributed by atoms with Gasteiger partial charge >= 0.3 is 6.18 Å². The lowest BCUT2D eigenvalue weighted by Gasteiger charge is -2.19. The number of hydrogen-bond donors (Lipinski definition) is 1. The Hall–Kier alpha value is -4.17. The number of hydrogen-bond acceptors (Lipinski definition) is 4. The second kappa shape index (κ2) is 10.4. The Labute approximate surface area is 215 Å². The number of nitrogens with one attached hydrogen (secondary N) is 1. The number of alkyl halides is 3. The van der Waals surface area contributed by atoms with Gasteiger partial charge in [0.05, 0.1) is 11.3 Å². The summed E-state index contributed by atoms with van der Waals surface area (Å²) in [5.41, 5.74) is 0.670. The maximum Gasteiger partial charge on any atom is 0.417 e. The van der Waals surface area contributed by atoms with Crippen LogP contribution in [0.2, 0.25) is 5.02 Å². The minimum Gasteiger partial charge on any atom is -0.481 e. The van der Waals surface area contributed by atoms with E-state index in [2.05, 4.69) is 9.97 Å². The van der Waals surface area contributed by atoms with Gasteiger partial charge in [-0.25, -0.2) is 4.98 Å². The van der Waals surface area contributed by atoms with E-state index in [1.54, 1.807) is 24.3 Å². The van der Waals surface area contributed by atoms with E-state index in [1.165, 1.54) is 0 Å². The van der Waals surface area contributed by atoms with Crippen molar-refractivity contribution in [3.63, 3.8) is 0 Å². The third-order valence-corrected chi connectivity index (χ3v) is 5.76. The van der Waals surface area contributed by atoms with Gasteiger partial charge in [0.1, 0.15) is 28.9 Å². The molecule has 0 spiro atoms. The molecule has 0 amide bonds. The van der Waals surface area contributed by atoms with Gasteiger partial charge in [0.25, 0.3) is 0 Å². The second-order valence-corrected chi connectivity index (χ2v) is 8.53. The minimum absolute atomic E-state index is 0.0623. The predicted octanol–water partition coefficient (Wildman–Crippen LogP) is 8.23. The van der Waals surface area contributed by atoms with Crippen molar-refractivity contribution in [1.82, 2.24) is 9.97 Å². The number of pyridine rings is 1. The fourth-order valence-corrected chi connectivity index (χ4v) is 3.89. The molecule has 0 saturated heterocycles. The van der Waals surface area contributed by atoms with Crippen molar-refractivity contribution in [2.75, 3.05) is 6.61 Å². The smallest absolute Gasteiger partial charge is 0.417 e. The zero-order chi connectivity index (χ0) is 25.8. The van der Waals surface area contributed by atoms with Crippen LogP contribution in [0.25, 0.3) is 10.9 Å². The van der Waals surface area contributed by atoms with Crippen LogP contribution in [0.1, 0.15) is 17.4 Å². The number of halogens is 4. The molecule has 188 valence electrons. The van der Waals surface area contributed by atoms with Crippen LogP contribution in [0, 0.1) is 0 Å². The SMILES string of the molecule is FC(F)(F)c1cnc(OCC(Oc2ccc(Oc3ccccc3)cc2)c2cc3ccccc3[nH]2)c(Cl)c1. The van der Waals surface area contributed by atoms with E-state index in [4.69, 9.17) is 25.8 Å². The summed E-state index contributed by atoms with van der Waals surface area (Å²) in [6, 6.07) is 26.9. The normalized spacial score (nSPS) is 12.3. The number of aromatic amines is 1. The first-order valence-electron chi connectivity index (χ1n) is 11.3. The lowest BCUT2D eigenvalue weighted by Crippen LogP contribution is -2.18. The molecule has 0 bridgehead atoms. The maximum atomic E-state index is 13.0. The molecule has 0 aliphatic heterocycles. The lowest BCUT2D eigenvalue weighted by molar-refractivity contribution is -0.137. The van der Waals surface area contributed by atoms with Crippen LogP contribution in [-0.4, -0.2) is 16.6 Å². The summed E-state index contributed by atoms with van der Waals surface area (Å²) in [7, 11) is 0. The van der Waals surface area contributed by atoms with Crippen molar-refractivity contribution in [1.29, 1.82) is 0 Å². The molecule has 3 aromatic carbocycles. The first-order valence-corrected chi connectivity index (χ1v) is 11.7. The molecule has 1 N–H and O–H groups in total. The van der Waals surface area contributed by atoms with Gasteiger partial charge in [-0.3, -0.25) is 0 Å². The molecule has 0 aliphatic carbocycles. The van der Waals surface area contributed by atoms with Crippen LogP contribution in [0.15, 0.2) is 97.2 Å². The first kappa shape index (κ1) is 24.5. The van der Waals surface area contributed by atoms with Crippen LogP contribution in [0.5, 0.6) is 23.1 Å². The van der Waals surface area contributed by atoms with Crippen LogP contribution in [0.3, 0.4) is 0 Å². The number of nitrogens with zero attached hydrogens (tertiary/aromatic N) is 1. The van der Waals surface area contributed by atoms with Crippen LogP contribution in [-0.2, 0) is 6.18 Å². The highest BCUT2D eigenvalue weighted by Crippen LogP contribution is 2.34. The first-order chi connectivity index (χ1) is 17.8. The predicted molar refractivity (Wildman–Crippen MR) is 134 cm³/mol. The molecule has 5 nitrogen and oxygen atoms in total. The van der Waals surface area contributed by atoms with Crippen molar-refractivity contribution in [3.05, 3.63) is 113 Å². The van der Waals surface area contributed by atoms with Crippen molar-refractivity contribution in [2.24, 2.45) is 0 Å². The second-order valence-electron chi connectivity index (χ2n) is 8.12. The highest BCUT2D eigenvalue weighted by Gasteiger charge is 2.32. The van der Waals surface area contributed by atoms with Gasteiger partial charge in [0.15, 0.2) is 6.10 Å². The number of para-hydroxylation sites is 2. The minimum atomic E-state index is -4.55. The fourth-order valence-electron chi connectivity index (χ4n) is 3.67. The van der Waals surface area contributed by atoms with Gasteiger partial charge in [-0.05, 0) is 60.0 Å². The van der Waals surface area contributed by atoms with Gasteiger partial charge in [0, 0.05) is 11.7 Å².